The summed E-state index contributed by atoms with van der Waals surface area (Å²) >= 11 is 0. The second-order valence-corrected chi connectivity index (χ2v) is 4.65. The van der Waals surface area contributed by atoms with Crippen molar-refractivity contribution in [2.45, 2.75) is 19.8 Å². The van der Waals surface area contributed by atoms with Crippen molar-refractivity contribution < 1.29 is 0 Å². The van der Waals surface area contributed by atoms with Gasteiger partial charge in [0.2, 0.25) is 0 Å². The van der Waals surface area contributed by atoms with E-state index in [1.807, 2.05) is 17.6 Å². The van der Waals surface area contributed by atoms with Crippen LogP contribution in [0.5, 0.6) is 0 Å². The fourth-order valence-electron chi connectivity index (χ4n) is 2.70. The van der Waals surface area contributed by atoms with Gasteiger partial charge in [-0.1, -0.05) is 24.3 Å². The molecule has 0 unspecified atom stereocenters. The molecule has 2 aromatic heterocycles. The van der Waals surface area contributed by atoms with E-state index in [1.54, 1.807) is 0 Å². The number of hydrogen-bond acceptors (Lipinski definition) is 3. The second-order valence-electron chi connectivity index (χ2n) is 4.65. The van der Waals surface area contributed by atoms with E-state index in [0.29, 0.717) is 5.78 Å². The van der Waals surface area contributed by atoms with Gasteiger partial charge < -0.3 is 0 Å². The van der Waals surface area contributed by atoms with Crippen molar-refractivity contribution in [2.24, 2.45) is 0 Å². The molecule has 0 radical (unpaired) electrons. The predicted octanol–water partition coefficient (Wildman–Crippen LogP) is 2.20. The SMILES string of the molecule is Cc1nc2ncc3c(n2n1)CCc1ccccc1-3. The Kier molecular flexibility index (Phi) is 1.84. The number of rotatable bonds is 0. The van der Waals surface area contributed by atoms with Crippen LogP contribution in [0.2, 0.25) is 0 Å². The van der Waals surface area contributed by atoms with Gasteiger partial charge in [0.25, 0.3) is 5.78 Å². The van der Waals surface area contributed by atoms with Gasteiger partial charge >= 0.3 is 0 Å². The van der Waals surface area contributed by atoms with Gasteiger partial charge in [0.1, 0.15) is 5.82 Å². The highest BCUT2D eigenvalue weighted by atomic mass is 15.3. The molecule has 0 saturated carbocycles. The van der Waals surface area contributed by atoms with Gasteiger partial charge in [-0.25, -0.2) is 9.50 Å². The summed E-state index contributed by atoms with van der Waals surface area (Å²) in [5, 5.41) is 4.44. The topological polar surface area (TPSA) is 43.1 Å². The zero-order valence-electron chi connectivity index (χ0n) is 10.1. The molecule has 0 amide bonds. The highest BCUT2D eigenvalue weighted by Crippen LogP contribution is 2.32. The van der Waals surface area contributed by atoms with Crippen LogP contribution < -0.4 is 0 Å². The van der Waals surface area contributed by atoms with Gasteiger partial charge in [-0.15, -0.1) is 0 Å². The first-order valence-electron chi connectivity index (χ1n) is 6.12. The molecule has 0 N–H and O–H groups in total. The van der Waals surface area contributed by atoms with Crippen molar-refractivity contribution in [1.82, 2.24) is 19.6 Å². The zero-order valence-corrected chi connectivity index (χ0v) is 10.1. The molecule has 4 rings (SSSR count). The lowest BCUT2D eigenvalue weighted by Crippen LogP contribution is -2.10. The number of nitrogens with zero attached hydrogens (tertiary/aromatic N) is 4. The summed E-state index contributed by atoms with van der Waals surface area (Å²) in [5.41, 5.74) is 5.08. The van der Waals surface area contributed by atoms with Gasteiger partial charge in [-0.05, 0) is 30.9 Å². The fourth-order valence-corrected chi connectivity index (χ4v) is 2.70. The van der Waals surface area contributed by atoms with Crippen molar-refractivity contribution in [1.29, 1.82) is 0 Å². The molecule has 0 bridgehead atoms. The molecule has 0 spiro atoms. The first-order valence-corrected chi connectivity index (χ1v) is 6.12. The van der Waals surface area contributed by atoms with E-state index in [1.165, 1.54) is 22.4 Å². The number of aromatic nitrogens is 4. The average molecular weight is 236 g/mol. The Morgan fingerprint density at radius 2 is 2.00 bits per heavy atom. The minimum Gasteiger partial charge on any atom is -0.219 e. The Bertz CT molecular complexity index is 758. The monoisotopic (exact) mass is 236 g/mol. The number of aryl methyl sites for hydroxylation is 3. The van der Waals surface area contributed by atoms with E-state index in [2.05, 4.69) is 39.3 Å². The van der Waals surface area contributed by atoms with Crippen LogP contribution in [0.1, 0.15) is 17.1 Å². The summed E-state index contributed by atoms with van der Waals surface area (Å²) in [5.74, 6) is 1.47. The Morgan fingerprint density at radius 1 is 1.11 bits per heavy atom. The van der Waals surface area contributed by atoms with Gasteiger partial charge in [0, 0.05) is 11.8 Å². The van der Waals surface area contributed by atoms with Crippen LogP contribution in [-0.2, 0) is 12.8 Å². The van der Waals surface area contributed by atoms with E-state index < -0.39 is 0 Å². The van der Waals surface area contributed by atoms with Crippen LogP contribution in [0, 0.1) is 6.92 Å². The van der Waals surface area contributed by atoms with Crippen molar-refractivity contribution >= 4 is 5.78 Å². The standard InChI is InChI=1S/C14H12N4/c1-9-16-14-15-8-12-11-5-3-2-4-10(11)6-7-13(12)18(14)17-9/h2-5,8H,6-7H2,1H3. The van der Waals surface area contributed by atoms with E-state index in [-0.39, 0.29) is 0 Å². The van der Waals surface area contributed by atoms with Crippen LogP contribution in [0.25, 0.3) is 16.9 Å². The van der Waals surface area contributed by atoms with E-state index in [4.69, 9.17) is 0 Å². The van der Waals surface area contributed by atoms with E-state index in [9.17, 15) is 0 Å². The predicted molar refractivity (Wildman–Crippen MR) is 68.4 cm³/mol. The van der Waals surface area contributed by atoms with Gasteiger partial charge in [0.05, 0.1) is 5.69 Å². The third-order valence-corrected chi connectivity index (χ3v) is 3.51. The number of hydrogen-bond donors (Lipinski definition) is 0. The molecule has 1 aromatic carbocycles. The Labute approximate surface area is 104 Å². The van der Waals surface area contributed by atoms with Crippen LogP contribution >= 0.6 is 0 Å². The summed E-state index contributed by atoms with van der Waals surface area (Å²) in [6, 6.07) is 8.51. The highest BCUT2D eigenvalue weighted by molar-refractivity contribution is 5.71. The molecular formula is C14H12N4. The quantitative estimate of drug-likeness (QED) is 0.601. The van der Waals surface area contributed by atoms with Gasteiger partial charge in [-0.3, -0.25) is 0 Å². The Morgan fingerprint density at radius 3 is 2.94 bits per heavy atom. The molecule has 88 valence electrons. The largest absolute Gasteiger partial charge is 0.252 e. The Hall–Kier alpha value is -2.23. The summed E-state index contributed by atoms with van der Waals surface area (Å²) in [6.07, 6.45) is 3.98. The van der Waals surface area contributed by atoms with Crippen LogP contribution in [0.4, 0.5) is 0 Å². The minimum absolute atomic E-state index is 0.700. The van der Waals surface area contributed by atoms with Crippen molar-refractivity contribution in [3.8, 4) is 11.1 Å². The number of benzene rings is 1. The molecule has 3 aromatic rings. The molecule has 2 heterocycles. The van der Waals surface area contributed by atoms with Gasteiger partial charge in [-0.2, -0.15) is 10.1 Å². The van der Waals surface area contributed by atoms with Crippen LogP contribution in [0.3, 0.4) is 0 Å². The summed E-state index contributed by atoms with van der Waals surface area (Å²) in [7, 11) is 0. The summed E-state index contributed by atoms with van der Waals surface area (Å²) in [6.45, 7) is 1.90. The lowest BCUT2D eigenvalue weighted by atomic mass is 9.89. The Balaban J connectivity index is 2.08. The first kappa shape index (κ1) is 9.76. The third kappa shape index (κ3) is 1.23. The molecule has 18 heavy (non-hydrogen) atoms. The molecule has 0 atom stereocenters. The zero-order chi connectivity index (χ0) is 12.1. The van der Waals surface area contributed by atoms with Gasteiger partial charge in [0.15, 0.2) is 0 Å². The summed E-state index contributed by atoms with van der Waals surface area (Å²) in [4.78, 5) is 8.72. The third-order valence-electron chi connectivity index (χ3n) is 3.51. The fraction of sp³-hybridized carbons (Fsp3) is 0.214. The summed E-state index contributed by atoms with van der Waals surface area (Å²) < 4.78 is 1.89. The lowest BCUT2D eigenvalue weighted by Gasteiger charge is -2.19. The van der Waals surface area contributed by atoms with Crippen LogP contribution in [-0.4, -0.2) is 19.6 Å². The maximum absolute atomic E-state index is 4.44. The lowest BCUT2D eigenvalue weighted by molar-refractivity contribution is 0.793. The molecule has 0 aliphatic heterocycles. The maximum Gasteiger partial charge on any atom is 0.252 e. The van der Waals surface area contributed by atoms with Crippen molar-refractivity contribution in [3.63, 3.8) is 0 Å². The molecule has 1 aliphatic carbocycles. The molecule has 4 nitrogen and oxygen atoms in total. The van der Waals surface area contributed by atoms with Crippen LogP contribution in [0.15, 0.2) is 30.5 Å². The second kappa shape index (κ2) is 3.38. The van der Waals surface area contributed by atoms with Crippen molar-refractivity contribution in [3.05, 3.63) is 47.5 Å². The molecule has 4 heteroatoms. The molecule has 0 saturated heterocycles. The van der Waals surface area contributed by atoms with E-state index in [0.717, 1.165) is 18.7 Å². The van der Waals surface area contributed by atoms with Crippen molar-refractivity contribution in [2.75, 3.05) is 0 Å². The average Bonchev–Trinajstić information content (AvgIpc) is 2.79. The first-order chi connectivity index (χ1) is 8.83. The minimum atomic E-state index is 0.700. The molecular weight excluding hydrogens is 224 g/mol. The maximum atomic E-state index is 4.44. The smallest absolute Gasteiger partial charge is 0.219 e. The van der Waals surface area contributed by atoms with E-state index >= 15 is 0 Å². The highest BCUT2D eigenvalue weighted by Gasteiger charge is 2.19. The molecule has 1 aliphatic rings. The normalized spacial score (nSPS) is 13.4. The number of fused-ring (bicyclic) bond motifs is 5. The molecule has 0 fully saturated rings.